The van der Waals surface area contributed by atoms with E-state index in [1.807, 2.05) is 30.3 Å². The first-order valence-corrected chi connectivity index (χ1v) is 14.2. The number of nitrogens with zero attached hydrogens (tertiary/aromatic N) is 1. The molecule has 3 amide bonds. The Morgan fingerprint density at radius 3 is 2.56 bits per heavy atom. The Morgan fingerprint density at radius 2 is 1.85 bits per heavy atom. The second-order valence-corrected chi connectivity index (χ2v) is 11.0. The minimum atomic E-state index is -1.11. The van der Waals surface area contributed by atoms with Crippen molar-refractivity contribution >= 4 is 41.9 Å². The van der Waals surface area contributed by atoms with Gasteiger partial charge in [0.15, 0.2) is 0 Å². The Labute approximate surface area is 239 Å². The maximum absolute atomic E-state index is 13.4. The lowest BCUT2D eigenvalue weighted by atomic mass is 9.58. The Kier molecular flexibility index (Phi) is 8.63. The van der Waals surface area contributed by atoms with Crippen molar-refractivity contribution in [3.63, 3.8) is 0 Å². The minimum absolute atomic E-state index is 0.158. The van der Waals surface area contributed by atoms with Crippen LogP contribution in [0.25, 0.3) is 16.8 Å². The van der Waals surface area contributed by atoms with Crippen LogP contribution in [0.2, 0.25) is 6.32 Å². The molecule has 4 atom stereocenters. The summed E-state index contributed by atoms with van der Waals surface area (Å²) in [5.41, 5.74) is 4.00. The van der Waals surface area contributed by atoms with Gasteiger partial charge in [0.25, 0.3) is 0 Å². The number of fused-ring (bicyclic) bond motifs is 4. The van der Waals surface area contributed by atoms with Gasteiger partial charge in [-0.05, 0) is 66.1 Å². The summed E-state index contributed by atoms with van der Waals surface area (Å²) in [6, 6.07) is 11.4. The number of rotatable bonds is 8. The van der Waals surface area contributed by atoms with Crippen LogP contribution in [-0.4, -0.2) is 67.0 Å². The van der Waals surface area contributed by atoms with Gasteiger partial charge in [0, 0.05) is 12.5 Å². The normalized spacial score (nSPS) is 24.6. The second-order valence-electron chi connectivity index (χ2n) is 11.0. The number of benzene rings is 2. The molecule has 0 radical (unpaired) electrons. The van der Waals surface area contributed by atoms with Crippen LogP contribution >= 0.6 is 0 Å². The third-order valence-electron chi connectivity index (χ3n) is 8.58. The highest BCUT2D eigenvalue weighted by atomic mass is 16.5. The predicted molar refractivity (Wildman–Crippen MR) is 154 cm³/mol. The number of allylic oxidation sites excluding steroid dienone is 1. The number of phenolic OH excluding ortho intramolecular Hbond substituents is 1. The van der Waals surface area contributed by atoms with Gasteiger partial charge < -0.3 is 24.3 Å². The van der Waals surface area contributed by atoms with Gasteiger partial charge in [0.1, 0.15) is 5.75 Å². The number of carbonyl (C=O) groups excluding carboxylic acids is 3. The molecule has 1 aliphatic carbocycles. The van der Waals surface area contributed by atoms with Gasteiger partial charge in [-0.3, -0.25) is 9.59 Å². The summed E-state index contributed by atoms with van der Waals surface area (Å²) in [7, 11) is 1.61. The molecule has 0 unspecified atom stereocenters. The van der Waals surface area contributed by atoms with Gasteiger partial charge in [0.05, 0.1) is 31.7 Å². The maximum Gasteiger partial charge on any atom is 0.455 e. The Hall–Kier alpha value is -3.47. The Morgan fingerprint density at radius 1 is 1.10 bits per heavy atom. The number of phenols is 1. The van der Waals surface area contributed by atoms with E-state index >= 15 is 0 Å². The van der Waals surface area contributed by atoms with Gasteiger partial charge in [-0.2, -0.15) is 4.90 Å². The topological polar surface area (TPSA) is 123 Å². The lowest BCUT2D eigenvalue weighted by Gasteiger charge is -2.43. The van der Waals surface area contributed by atoms with Crippen LogP contribution in [0.1, 0.15) is 44.6 Å². The average Bonchev–Trinajstić information content (AvgIpc) is 3.22. The van der Waals surface area contributed by atoms with Crippen molar-refractivity contribution in [1.82, 2.24) is 4.90 Å². The van der Waals surface area contributed by atoms with Crippen LogP contribution in [0.15, 0.2) is 53.1 Å². The van der Waals surface area contributed by atoms with E-state index < -0.39 is 48.9 Å². The van der Waals surface area contributed by atoms with Crippen molar-refractivity contribution in [3.05, 3.63) is 58.7 Å². The molecule has 0 aromatic heterocycles. The summed E-state index contributed by atoms with van der Waals surface area (Å²) >= 11 is 0. The van der Waals surface area contributed by atoms with Crippen LogP contribution in [0, 0.1) is 17.8 Å². The van der Waals surface area contributed by atoms with Crippen LogP contribution in [0.3, 0.4) is 0 Å². The number of aromatic hydroxyl groups is 1. The van der Waals surface area contributed by atoms with E-state index in [-0.39, 0.29) is 25.1 Å². The molecule has 3 aliphatic rings. The van der Waals surface area contributed by atoms with Crippen LogP contribution < -0.4 is 0 Å². The van der Waals surface area contributed by atoms with E-state index in [0.29, 0.717) is 17.7 Å². The zero-order valence-electron chi connectivity index (χ0n) is 23.7. The maximum atomic E-state index is 13.4. The molecule has 41 heavy (non-hydrogen) atoms. The SMILES string of the molecule is CCC/C(=C\c1ccc(O)c2ccccc12)CC[C@H]1OB(O)C[C@H]2C1=C(COC)C[C@H]1C(=O)N(C(=O)OC)C(=O)[C@H]12. The van der Waals surface area contributed by atoms with Crippen molar-refractivity contribution in [3.8, 4) is 5.75 Å². The van der Waals surface area contributed by atoms with Gasteiger partial charge >= 0.3 is 13.2 Å². The summed E-state index contributed by atoms with van der Waals surface area (Å²) in [6.45, 7) is 2.39. The van der Waals surface area contributed by atoms with E-state index in [1.165, 1.54) is 5.57 Å². The molecule has 2 aliphatic heterocycles. The summed E-state index contributed by atoms with van der Waals surface area (Å²) in [5.74, 6) is -2.81. The summed E-state index contributed by atoms with van der Waals surface area (Å²) in [6.07, 6.45) is 4.22. The summed E-state index contributed by atoms with van der Waals surface area (Å²) in [5, 5.41) is 22.8. The first kappa shape index (κ1) is 29.0. The number of methoxy groups -OCH3 is 2. The lowest BCUT2D eigenvalue weighted by Crippen LogP contribution is -2.46. The standard InChI is InChI=1S/C31H36BNO8/c1-4-7-18(14-19-11-12-25(34)22-9-6-5-8-21(19)22)10-13-26-27-20(17-39-2)15-23-28(24(27)16-32(38)41-26)30(36)33(29(23)35)31(37)40-3/h5-6,8-9,11-12,14,23-24,26,28,34,38H,4,7,10,13,15-17H2,1-3H3/b18-14+/t23-,24+,26-,28-/m1/s1. The molecule has 0 saturated carbocycles. The molecule has 10 heteroatoms. The quantitative estimate of drug-likeness (QED) is 0.270. The van der Waals surface area contributed by atoms with Crippen LogP contribution in [0.4, 0.5) is 4.79 Å². The number of hydrogen-bond donors (Lipinski definition) is 2. The van der Waals surface area contributed by atoms with Gasteiger partial charge in [-0.15, -0.1) is 0 Å². The molecule has 2 saturated heterocycles. The first-order valence-electron chi connectivity index (χ1n) is 14.2. The fourth-order valence-electron chi connectivity index (χ4n) is 6.90. The van der Waals surface area contributed by atoms with Crippen molar-refractivity contribution in [2.75, 3.05) is 20.8 Å². The number of ether oxygens (including phenoxy) is 2. The highest BCUT2D eigenvalue weighted by Crippen LogP contribution is 2.50. The van der Waals surface area contributed by atoms with Gasteiger partial charge in [0.2, 0.25) is 11.8 Å². The highest BCUT2D eigenvalue weighted by molar-refractivity contribution is 6.43. The fraction of sp³-hybridized carbons (Fsp3) is 0.452. The van der Waals surface area contributed by atoms with E-state index in [9.17, 15) is 24.5 Å². The Balaban J connectivity index is 1.46. The molecular formula is C31H36BNO8. The highest BCUT2D eigenvalue weighted by Gasteiger charge is 2.59. The van der Waals surface area contributed by atoms with Crippen molar-refractivity contribution < 1.29 is 38.6 Å². The smallest absolute Gasteiger partial charge is 0.455 e. The monoisotopic (exact) mass is 561 g/mol. The number of imide groups is 3. The summed E-state index contributed by atoms with van der Waals surface area (Å²) < 4.78 is 16.3. The summed E-state index contributed by atoms with van der Waals surface area (Å²) in [4.78, 5) is 39.4. The fourth-order valence-corrected chi connectivity index (χ4v) is 6.90. The third kappa shape index (κ3) is 5.44. The molecular weight excluding hydrogens is 525 g/mol. The van der Waals surface area contributed by atoms with Gasteiger partial charge in [-0.25, -0.2) is 4.79 Å². The largest absolute Gasteiger partial charge is 0.507 e. The molecule has 9 nitrogen and oxygen atoms in total. The van der Waals surface area contributed by atoms with E-state index in [1.54, 1.807) is 13.2 Å². The number of carbonyl (C=O) groups is 3. The first-order chi connectivity index (χ1) is 19.8. The van der Waals surface area contributed by atoms with Crippen LogP contribution in [0.5, 0.6) is 5.75 Å². The molecule has 2 N–H and O–H groups in total. The number of hydrogen-bond acceptors (Lipinski definition) is 8. The van der Waals surface area contributed by atoms with Crippen molar-refractivity contribution in [2.45, 2.75) is 51.5 Å². The van der Waals surface area contributed by atoms with Crippen molar-refractivity contribution in [2.24, 2.45) is 17.8 Å². The average molecular weight is 561 g/mol. The molecule has 2 fully saturated rings. The predicted octanol–water partition coefficient (Wildman–Crippen LogP) is 4.72. The third-order valence-corrected chi connectivity index (χ3v) is 8.58. The molecule has 2 aromatic carbocycles. The molecule has 2 heterocycles. The zero-order chi connectivity index (χ0) is 29.3. The number of amides is 3. The molecule has 2 aromatic rings. The van der Waals surface area contributed by atoms with Gasteiger partial charge in [-0.1, -0.05) is 55.3 Å². The van der Waals surface area contributed by atoms with Crippen LogP contribution in [-0.2, 0) is 23.7 Å². The molecule has 0 spiro atoms. The van der Waals surface area contributed by atoms with E-state index in [4.69, 9.17) is 14.1 Å². The van der Waals surface area contributed by atoms with Crippen molar-refractivity contribution in [1.29, 1.82) is 0 Å². The lowest BCUT2D eigenvalue weighted by molar-refractivity contribution is -0.137. The van der Waals surface area contributed by atoms with E-state index in [2.05, 4.69) is 13.0 Å². The van der Waals surface area contributed by atoms with E-state index in [0.717, 1.165) is 47.4 Å². The molecule has 5 rings (SSSR count). The second kappa shape index (κ2) is 12.2. The Bertz CT molecular complexity index is 1420. The zero-order valence-corrected chi connectivity index (χ0v) is 23.7. The molecule has 0 bridgehead atoms. The number of likely N-dealkylation sites (tertiary alicyclic amines) is 1. The molecule has 216 valence electrons. The minimum Gasteiger partial charge on any atom is -0.507 e.